The molecule has 7 heteroatoms. The lowest BCUT2D eigenvalue weighted by Gasteiger charge is -2.32. The molecule has 0 N–H and O–H groups in total. The zero-order valence-electron chi connectivity index (χ0n) is 16.2. The molecule has 1 amide bonds. The number of piperidine rings is 1. The van der Waals surface area contributed by atoms with Crippen molar-refractivity contribution in [1.82, 2.24) is 24.7 Å². The van der Waals surface area contributed by atoms with Gasteiger partial charge in [-0.1, -0.05) is 41.6 Å². The van der Waals surface area contributed by atoms with Gasteiger partial charge in [-0.05, 0) is 31.9 Å². The number of aromatic nitrogens is 4. The van der Waals surface area contributed by atoms with Gasteiger partial charge in [0.2, 0.25) is 0 Å². The van der Waals surface area contributed by atoms with Crippen LogP contribution in [-0.2, 0) is 0 Å². The molecule has 0 aliphatic carbocycles. The van der Waals surface area contributed by atoms with E-state index in [0.29, 0.717) is 30.1 Å². The molecular formula is C22H21N5O2. The summed E-state index contributed by atoms with van der Waals surface area (Å²) in [6.07, 6.45) is 3.87. The molecule has 4 aromatic rings. The minimum atomic E-state index is -0.0406. The normalized spacial score (nSPS) is 17.0. The number of amides is 1. The van der Waals surface area contributed by atoms with Gasteiger partial charge in [0.05, 0.1) is 0 Å². The highest BCUT2D eigenvalue weighted by Gasteiger charge is 2.32. The van der Waals surface area contributed by atoms with Crippen LogP contribution in [0.4, 0.5) is 0 Å². The quantitative estimate of drug-likeness (QED) is 0.536. The van der Waals surface area contributed by atoms with Crippen LogP contribution < -0.4 is 0 Å². The predicted molar refractivity (Wildman–Crippen MR) is 108 cm³/mol. The van der Waals surface area contributed by atoms with Gasteiger partial charge in [-0.15, -0.1) is 10.2 Å². The standard InChI is InChI=1S/C22H21N5O2/c1-15-19(20(25-29-15)16-8-3-2-4-9-16)22(28)26-12-7-10-17(14-26)21-24-23-18-11-5-6-13-27(18)21/h2-6,8-9,11,13,17H,7,10,12,14H2,1H3/t17-/m0/s1. The SMILES string of the molecule is Cc1onc(-c2ccccc2)c1C(=O)N1CCC[C@H](c2nnc3ccccn23)C1. The van der Waals surface area contributed by atoms with E-state index in [0.717, 1.165) is 29.9 Å². The predicted octanol–water partition coefficient (Wildman–Crippen LogP) is 3.71. The maximum Gasteiger partial charge on any atom is 0.259 e. The Hall–Kier alpha value is -3.48. The van der Waals surface area contributed by atoms with Crippen LogP contribution in [0.2, 0.25) is 0 Å². The van der Waals surface area contributed by atoms with Crippen LogP contribution in [0.3, 0.4) is 0 Å². The van der Waals surface area contributed by atoms with Crippen molar-refractivity contribution in [2.75, 3.05) is 13.1 Å². The molecule has 4 heterocycles. The first-order chi connectivity index (χ1) is 14.2. The van der Waals surface area contributed by atoms with Gasteiger partial charge in [0, 0.05) is 30.8 Å². The second-order valence-corrected chi connectivity index (χ2v) is 7.41. The lowest BCUT2D eigenvalue weighted by atomic mass is 9.96. The van der Waals surface area contributed by atoms with Gasteiger partial charge in [-0.3, -0.25) is 9.20 Å². The molecule has 1 fully saturated rings. The molecule has 1 aromatic carbocycles. The molecule has 0 spiro atoms. The van der Waals surface area contributed by atoms with E-state index < -0.39 is 0 Å². The highest BCUT2D eigenvalue weighted by molar-refractivity contribution is 6.00. The second-order valence-electron chi connectivity index (χ2n) is 7.41. The van der Waals surface area contributed by atoms with Gasteiger partial charge in [0.1, 0.15) is 22.8 Å². The smallest absolute Gasteiger partial charge is 0.259 e. The Morgan fingerprint density at radius 2 is 1.93 bits per heavy atom. The van der Waals surface area contributed by atoms with Crippen LogP contribution in [0.5, 0.6) is 0 Å². The summed E-state index contributed by atoms with van der Waals surface area (Å²) in [6, 6.07) is 15.5. The molecule has 5 rings (SSSR count). The van der Waals surface area contributed by atoms with Gasteiger partial charge >= 0.3 is 0 Å². The average Bonchev–Trinajstić information content (AvgIpc) is 3.37. The van der Waals surface area contributed by atoms with Crippen LogP contribution >= 0.6 is 0 Å². The zero-order valence-corrected chi connectivity index (χ0v) is 16.2. The number of fused-ring (bicyclic) bond motifs is 1. The lowest BCUT2D eigenvalue weighted by Crippen LogP contribution is -2.39. The third-order valence-corrected chi connectivity index (χ3v) is 5.54. The Morgan fingerprint density at radius 1 is 1.10 bits per heavy atom. The van der Waals surface area contributed by atoms with Gasteiger partial charge in [-0.25, -0.2) is 0 Å². The highest BCUT2D eigenvalue weighted by Crippen LogP contribution is 2.30. The molecule has 1 atom stereocenters. The Bertz CT molecular complexity index is 1160. The third-order valence-electron chi connectivity index (χ3n) is 5.54. The third kappa shape index (κ3) is 3.08. The average molecular weight is 387 g/mol. The number of rotatable bonds is 3. The fraction of sp³-hybridized carbons (Fsp3) is 0.273. The Balaban J connectivity index is 1.45. The minimum absolute atomic E-state index is 0.0406. The fourth-order valence-electron chi connectivity index (χ4n) is 4.09. The molecule has 3 aromatic heterocycles. The highest BCUT2D eigenvalue weighted by atomic mass is 16.5. The number of carbonyl (C=O) groups is 1. The van der Waals surface area contributed by atoms with Crippen molar-refractivity contribution in [3.8, 4) is 11.3 Å². The molecule has 0 unspecified atom stereocenters. The number of hydrogen-bond donors (Lipinski definition) is 0. The molecule has 146 valence electrons. The summed E-state index contributed by atoms with van der Waals surface area (Å²) in [5.74, 6) is 1.55. The van der Waals surface area contributed by atoms with Crippen molar-refractivity contribution in [3.63, 3.8) is 0 Å². The van der Waals surface area contributed by atoms with Crippen LogP contribution in [0.1, 0.15) is 40.7 Å². The van der Waals surface area contributed by atoms with Crippen LogP contribution in [0.15, 0.2) is 59.3 Å². The monoisotopic (exact) mass is 387 g/mol. The van der Waals surface area contributed by atoms with E-state index in [1.165, 1.54) is 0 Å². The molecule has 29 heavy (non-hydrogen) atoms. The van der Waals surface area contributed by atoms with E-state index in [2.05, 4.69) is 15.4 Å². The van der Waals surface area contributed by atoms with Crippen molar-refractivity contribution < 1.29 is 9.32 Å². The van der Waals surface area contributed by atoms with Crippen molar-refractivity contribution in [3.05, 3.63) is 71.9 Å². The lowest BCUT2D eigenvalue weighted by molar-refractivity contribution is 0.0703. The van der Waals surface area contributed by atoms with Crippen molar-refractivity contribution in [1.29, 1.82) is 0 Å². The number of nitrogens with zero attached hydrogens (tertiary/aromatic N) is 5. The van der Waals surface area contributed by atoms with E-state index in [4.69, 9.17) is 4.52 Å². The maximum atomic E-state index is 13.4. The number of pyridine rings is 1. The zero-order chi connectivity index (χ0) is 19.8. The van der Waals surface area contributed by atoms with Gasteiger partial charge in [0.15, 0.2) is 5.65 Å². The molecule has 0 radical (unpaired) electrons. The molecule has 0 bridgehead atoms. The van der Waals surface area contributed by atoms with E-state index in [-0.39, 0.29) is 11.8 Å². The number of carbonyl (C=O) groups excluding carboxylic acids is 1. The van der Waals surface area contributed by atoms with Crippen molar-refractivity contribution in [2.45, 2.75) is 25.7 Å². The first-order valence-electron chi connectivity index (χ1n) is 9.83. The van der Waals surface area contributed by atoms with Gasteiger partial charge in [0.25, 0.3) is 5.91 Å². The summed E-state index contributed by atoms with van der Waals surface area (Å²) in [6.45, 7) is 3.11. The molecule has 7 nitrogen and oxygen atoms in total. The molecular weight excluding hydrogens is 366 g/mol. The van der Waals surface area contributed by atoms with Gasteiger partial charge in [-0.2, -0.15) is 0 Å². The molecule has 0 saturated carbocycles. The van der Waals surface area contributed by atoms with Crippen molar-refractivity contribution >= 4 is 11.6 Å². The minimum Gasteiger partial charge on any atom is -0.360 e. The molecule has 1 aliphatic heterocycles. The Kier molecular flexibility index (Phi) is 4.35. The van der Waals surface area contributed by atoms with Crippen LogP contribution in [-0.4, -0.2) is 43.7 Å². The van der Waals surface area contributed by atoms with E-state index in [1.807, 2.05) is 64.0 Å². The largest absolute Gasteiger partial charge is 0.360 e. The maximum absolute atomic E-state index is 13.4. The topological polar surface area (TPSA) is 76.5 Å². The number of benzene rings is 1. The second kappa shape index (κ2) is 7.16. The van der Waals surface area contributed by atoms with E-state index >= 15 is 0 Å². The summed E-state index contributed by atoms with van der Waals surface area (Å²) in [4.78, 5) is 15.3. The number of likely N-dealkylation sites (tertiary alicyclic amines) is 1. The Labute approximate surface area is 168 Å². The first-order valence-corrected chi connectivity index (χ1v) is 9.83. The Morgan fingerprint density at radius 3 is 2.79 bits per heavy atom. The summed E-state index contributed by atoms with van der Waals surface area (Å²) in [7, 11) is 0. The first kappa shape index (κ1) is 17.6. The summed E-state index contributed by atoms with van der Waals surface area (Å²) in [5.41, 5.74) is 2.85. The van der Waals surface area contributed by atoms with Crippen LogP contribution in [0, 0.1) is 6.92 Å². The molecule has 1 saturated heterocycles. The summed E-state index contributed by atoms with van der Waals surface area (Å²) in [5, 5.41) is 12.8. The van der Waals surface area contributed by atoms with E-state index in [1.54, 1.807) is 6.92 Å². The number of aryl methyl sites for hydroxylation is 1. The summed E-state index contributed by atoms with van der Waals surface area (Å²) >= 11 is 0. The van der Waals surface area contributed by atoms with Crippen LogP contribution in [0.25, 0.3) is 16.9 Å². The molecule has 1 aliphatic rings. The summed E-state index contributed by atoms with van der Waals surface area (Å²) < 4.78 is 7.41. The van der Waals surface area contributed by atoms with E-state index in [9.17, 15) is 4.79 Å². The van der Waals surface area contributed by atoms with Gasteiger partial charge < -0.3 is 9.42 Å². The van der Waals surface area contributed by atoms with Crippen molar-refractivity contribution in [2.24, 2.45) is 0 Å². The number of hydrogen-bond acceptors (Lipinski definition) is 5. The fourth-order valence-corrected chi connectivity index (χ4v) is 4.09.